The van der Waals surface area contributed by atoms with Crippen LogP contribution < -0.4 is 10.9 Å². The number of imidazole rings is 1. The summed E-state index contributed by atoms with van der Waals surface area (Å²) >= 11 is 12.3. The summed E-state index contributed by atoms with van der Waals surface area (Å²) in [6.45, 7) is 1.91. The number of aryl methyl sites for hydroxylation is 1. The van der Waals surface area contributed by atoms with Crippen LogP contribution in [-0.2, 0) is 11.2 Å². The van der Waals surface area contributed by atoms with Gasteiger partial charge in [-0.1, -0.05) is 58.7 Å². The second-order valence-electron chi connectivity index (χ2n) is 9.75. The standard InChI is InChI=1S/C31H24Cl2N8O2/c1-20-34-13-14-39(20)24-10-8-23(9-11-24)36-31(43)28(15-21-5-3-2-4-6-21)40-19-35-26(17-30(40)42)25-16-22(32)7-12-27(25)41-18-29(33)37-38-41/h2-14,16-19,28H,15H2,1H3,(H,36,43)/t28-/m0/s1. The van der Waals surface area contributed by atoms with Gasteiger partial charge in [0.25, 0.3) is 5.56 Å². The van der Waals surface area contributed by atoms with E-state index in [0.717, 1.165) is 17.1 Å². The van der Waals surface area contributed by atoms with Crippen LogP contribution in [0.3, 0.4) is 0 Å². The molecule has 0 aliphatic heterocycles. The van der Waals surface area contributed by atoms with Crippen molar-refractivity contribution in [2.75, 3.05) is 5.32 Å². The lowest BCUT2D eigenvalue weighted by molar-refractivity contribution is -0.119. The molecule has 1 N–H and O–H groups in total. The number of hydrogen-bond donors (Lipinski definition) is 1. The molecular weight excluding hydrogens is 587 g/mol. The van der Waals surface area contributed by atoms with E-state index in [1.165, 1.54) is 21.6 Å². The summed E-state index contributed by atoms with van der Waals surface area (Å²) in [4.78, 5) is 36.1. The van der Waals surface area contributed by atoms with Gasteiger partial charge in [0.15, 0.2) is 5.15 Å². The lowest BCUT2D eigenvalue weighted by Gasteiger charge is -2.20. The van der Waals surface area contributed by atoms with Gasteiger partial charge in [-0.15, -0.1) is 5.10 Å². The normalized spacial score (nSPS) is 11.8. The average Bonchev–Trinajstić information content (AvgIpc) is 3.64. The maximum Gasteiger partial charge on any atom is 0.254 e. The van der Waals surface area contributed by atoms with Gasteiger partial charge in [-0.05, 0) is 55.0 Å². The number of nitrogens with zero attached hydrogens (tertiary/aromatic N) is 7. The summed E-state index contributed by atoms with van der Waals surface area (Å²) < 4.78 is 4.76. The topological polar surface area (TPSA) is 113 Å². The highest BCUT2D eigenvalue weighted by atomic mass is 35.5. The van der Waals surface area contributed by atoms with Crippen LogP contribution in [0.15, 0.2) is 109 Å². The van der Waals surface area contributed by atoms with Crippen LogP contribution in [0.5, 0.6) is 0 Å². The zero-order chi connectivity index (χ0) is 29.9. The van der Waals surface area contributed by atoms with Crippen molar-refractivity contribution < 1.29 is 4.79 Å². The summed E-state index contributed by atoms with van der Waals surface area (Å²) in [6.07, 6.45) is 6.80. The maximum atomic E-state index is 13.7. The first-order chi connectivity index (χ1) is 20.9. The molecule has 0 radical (unpaired) electrons. The Morgan fingerprint density at radius 3 is 2.44 bits per heavy atom. The number of hydrogen-bond acceptors (Lipinski definition) is 6. The number of carbonyl (C=O) groups excluding carboxylic acids is 1. The highest BCUT2D eigenvalue weighted by Crippen LogP contribution is 2.28. The monoisotopic (exact) mass is 610 g/mol. The molecular formula is C31H24Cl2N8O2. The summed E-state index contributed by atoms with van der Waals surface area (Å²) in [5, 5.41) is 11.5. The number of aromatic nitrogens is 7. The zero-order valence-electron chi connectivity index (χ0n) is 22.8. The number of amides is 1. The fourth-order valence-corrected chi connectivity index (χ4v) is 5.10. The molecule has 3 heterocycles. The van der Waals surface area contributed by atoms with Crippen molar-refractivity contribution in [1.82, 2.24) is 34.1 Å². The number of benzene rings is 3. The van der Waals surface area contributed by atoms with E-state index in [0.29, 0.717) is 27.7 Å². The molecule has 1 amide bonds. The van der Waals surface area contributed by atoms with Gasteiger partial charge >= 0.3 is 0 Å². The molecule has 12 heteroatoms. The molecule has 43 heavy (non-hydrogen) atoms. The number of rotatable bonds is 8. The van der Waals surface area contributed by atoms with Crippen molar-refractivity contribution in [3.05, 3.63) is 136 Å². The van der Waals surface area contributed by atoms with Crippen molar-refractivity contribution in [2.24, 2.45) is 0 Å². The van der Waals surface area contributed by atoms with Gasteiger partial charge in [0.1, 0.15) is 11.9 Å². The second kappa shape index (κ2) is 12.0. The predicted octanol–water partition coefficient (Wildman–Crippen LogP) is 5.71. The molecule has 0 fully saturated rings. The van der Waals surface area contributed by atoms with Crippen molar-refractivity contribution >= 4 is 34.8 Å². The lowest BCUT2D eigenvalue weighted by atomic mass is 10.0. The second-order valence-corrected chi connectivity index (χ2v) is 10.6. The Bertz CT molecular complexity index is 1970. The van der Waals surface area contributed by atoms with Crippen LogP contribution >= 0.6 is 23.2 Å². The molecule has 0 saturated heterocycles. The largest absolute Gasteiger partial charge is 0.324 e. The molecule has 0 unspecified atom stereocenters. The van der Waals surface area contributed by atoms with Gasteiger partial charge in [0.2, 0.25) is 5.91 Å². The van der Waals surface area contributed by atoms with E-state index in [4.69, 9.17) is 23.2 Å². The van der Waals surface area contributed by atoms with Gasteiger partial charge in [-0.2, -0.15) is 0 Å². The van der Waals surface area contributed by atoms with Crippen LogP contribution in [0.2, 0.25) is 10.2 Å². The van der Waals surface area contributed by atoms with Crippen LogP contribution in [0, 0.1) is 6.92 Å². The SMILES string of the molecule is Cc1nccn1-c1ccc(NC(=O)[C@H](Cc2ccccc2)n2cnc(-c3cc(Cl)ccc3-n3cc(Cl)nn3)cc2=O)cc1. The lowest BCUT2D eigenvalue weighted by Crippen LogP contribution is -2.34. The smallest absolute Gasteiger partial charge is 0.254 e. The number of halogens is 2. The minimum Gasteiger partial charge on any atom is -0.324 e. The fraction of sp³-hybridized carbons (Fsp3) is 0.0968. The summed E-state index contributed by atoms with van der Waals surface area (Å²) in [6, 6.07) is 22.5. The minimum absolute atomic E-state index is 0.213. The van der Waals surface area contributed by atoms with E-state index in [2.05, 4.69) is 25.6 Å². The number of anilines is 1. The number of carbonyl (C=O) groups is 1. The van der Waals surface area contributed by atoms with E-state index in [1.807, 2.05) is 72.3 Å². The molecule has 3 aromatic heterocycles. The zero-order valence-corrected chi connectivity index (χ0v) is 24.3. The van der Waals surface area contributed by atoms with Crippen LogP contribution in [0.25, 0.3) is 22.6 Å². The van der Waals surface area contributed by atoms with Gasteiger partial charge in [-0.3, -0.25) is 14.2 Å². The first-order valence-electron chi connectivity index (χ1n) is 13.3. The van der Waals surface area contributed by atoms with E-state index < -0.39 is 11.6 Å². The van der Waals surface area contributed by atoms with E-state index in [1.54, 1.807) is 30.6 Å². The Kier molecular flexibility index (Phi) is 7.86. The first-order valence-corrected chi connectivity index (χ1v) is 14.0. The summed E-state index contributed by atoms with van der Waals surface area (Å²) in [7, 11) is 0. The third-order valence-corrected chi connectivity index (χ3v) is 7.34. The molecule has 0 spiro atoms. The predicted molar refractivity (Wildman–Crippen MR) is 165 cm³/mol. The van der Waals surface area contributed by atoms with Crippen molar-refractivity contribution in [3.8, 4) is 22.6 Å². The minimum atomic E-state index is -0.875. The molecule has 214 valence electrons. The van der Waals surface area contributed by atoms with Crippen molar-refractivity contribution in [2.45, 2.75) is 19.4 Å². The molecule has 0 saturated carbocycles. The Labute approximate surface area is 256 Å². The highest BCUT2D eigenvalue weighted by molar-refractivity contribution is 6.31. The fourth-order valence-electron chi connectivity index (χ4n) is 4.80. The van der Waals surface area contributed by atoms with Crippen LogP contribution in [0.1, 0.15) is 17.4 Å². The van der Waals surface area contributed by atoms with Crippen LogP contribution in [-0.4, -0.2) is 40.0 Å². The quantitative estimate of drug-likeness (QED) is 0.236. The van der Waals surface area contributed by atoms with Gasteiger partial charge in [0.05, 0.1) is 23.9 Å². The Balaban J connectivity index is 1.33. The molecule has 0 aliphatic carbocycles. The molecule has 10 nitrogen and oxygen atoms in total. The Hall–Kier alpha value is -5.06. The number of nitrogens with one attached hydrogen (secondary N) is 1. The molecule has 0 aliphatic rings. The summed E-state index contributed by atoms with van der Waals surface area (Å²) in [5.74, 6) is 0.498. The maximum absolute atomic E-state index is 13.7. The molecule has 6 rings (SSSR count). The highest BCUT2D eigenvalue weighted by Gasteiger charge is 2.24. The molecule has 3 aromatic carbocycles. The molecule has 6 aromatic rings. The Morgan fingerprint density at radius 1 is 0.977 bits per heavy atom. The van der Waals surface area contributed by atoms with Crippen molar-refractivity contribution in [3.63, 3.8) is 0 Å². The summed E-state index contributed by atoms with van der Waals surface area (Å²) in [5.41, 5.74) is 3.49. The average molecular weight is 611 g/mol. The Morgan fingerprint density at radius 2 is 1.77 bits per heavy atom. The van der Waals surface area contributed by atoms with Crippen molar-refractivity contribution in [1.29, 1.82) is 0 Å². The van der Waals surface area contributed by atoms with E-state index >= 15 is 0 Å². The third-order valence-electron chi connectivity index (χ3n) is 6.93. The molecule has 0 bridgehead atoms. The third kappa shape index (κ3) is 6.11. The van der Waals surface area contributed by atoms with Gasteiger partial charge in [-0.25, -0.2) is 14.6 Å². The van der Waals surface area contributed by atoms with Gasteiger partial charge < -0.3 is 9.88 Å². The van der Waals surface area contributed by atoms with Crippen LogP contribution in [0.4, 0.5) is 5.69 Å². The van der Waals surface area contributed by atoms with E-state index in [-0.39, 0.29) is 17.5 Å². The first kappa shape index (κ1) is 28.1. The van der Waals surface area contributed by atoms with E-state index in [9.17, 15) is 9.59 Å². The molecule has 1 atom stereocenters. The van der Waals surface area contributed by atoms with Gasteiger partial charge in [0, 0.05) is 46.8 Å².